The SMILES string of the molecule is COc1cc(/C=C2\C(=O)Nc3cc(C(F)(F)F)ccc32)ccc1OCc1ccccc1C#N. The molecule has 1 aliphatic rings. The molecular formula is C25H17F3N2O3. The highest BCUT2D eigenvalue weighted by molar-refractivity contribution is 6.34. The molecule has 0 saturated heterocycles. The van der Waals surface area contributed by atoms with E-state index in [4.69, 9.17) is 9.47 Å². The van der Waals surface area contributed by atoms with Gasteiger partial charge >= 0.3 is 6.18 Å². The van der Waals surface area contributed by atoms with Gasteiger partial charge in [-0.2, -0.15) is 18.4 Å². The molecule has 3 aromatic rings. The lowest BCUT2D eigenvalue weighted by Gasteiger charge is -2.12. The molecule has 1 amide bonds. The zero-order valence-corrected chi connectivity index (χ0v) is 17.4. The molecule has 1 N–H and O–H groups in total. The van der Waals surface area contributed by atoms with E-state index in [9.17, 15) is 23.2 Å². The Morgan fingerprint density at radius 3 is 2.58 bits per heavy atom. The predicted octanol–water partition coefficient (Wildman–Crippen LogP) is 5.66. The molecule has 33 heavy (non-hydrogen) atoms. The average Bonchev–Trinajstić information content (AvgIpc) is 3.11. The zero-order valence-electron chi connectivity index (χ0n) is 17.4. The third-order valence-electron chi connectivity index (χ3n) is 5.15. The molecule has 0 radical (unpaired) electrons. The third kappa shape index (κ3) is 4.53. The van der Waals surface area contributed by atoms with E-state index in [0.29, 0.717) is 28.2 Å². The van der Waals surface area contributed by atoms with Gasteiger partial charge < -0.3 is 14.8 Å². The number of hydrogen-bond acceptors (Lipinski definition) is 4. The van der Waals surface area contributed by atoms with Gasteiger partial charge in [-0.05, 0) is 42.0 Å². The fraction of sp³-hybridized carbons (Fsp3) is 0.120. The van der Waals surface area contributed by atoms with Gasteiger partial charge in [0.15, 0.2) is 11.5 Å². The molecule has 4 rings (SSSR count). The van der Waals surface area contributed by atoms with Crippen molar-refractivity contribution in [3.63, 3.8) is 0 Å². The molecule has 1 heterocycles. The van der Waals surface area contributed by atoms with Gasteiger partial charge in [-0.25, -0.2) is 0 Å². The standard InChI is InChI=1S/C25H17F3N2O3/c1-32-23-11-15(6-9-22(23)33-14-17-5-3-2-4-16(17)13-29)10-20-19-8-7-18(25(26,27)28)12-21(19)30-24(20)31/h2-12H,14H2,1H3,(H,30,31)/b20-10-. The molecule has 0 bridgehead atoms. The summed E-state index contributed by atoms with van der Waals surface area (Å²) in [6.45, 7) is 0.165. The topological polar surface area (TPSA) is 71.3 Å². The number of halogens is 3. The minimum atomic E-state index is -4.50. The number of nitrogens with zero attached hydrogens (tertiary/aromatic N) is 1. The first-order valence-electron chi connectivity index (χ1n) is 9.83. The van der Waals surface area contributed by atoms with E-state index >= 15 is 0 Å². The van der Waals surface area contributed by atoms with Crippen molar-refractivity contribution in [2.24, 2.45) is 0 Å². The van der Waals surface area contributed by atoms with Gasteiger partial charge in [-0.1, -0.05) is 30.3 Å². The summed E-state index contributed by atoms with van der Waals surface area (Å²) in [5, 5.41) is 11.7. The molecule has 0 fully saturated rings. The van der Waals surface area contributed by atoms with Crippen LogP contribution in [-0.2, 0) is 17.6 Å². The highest BCUT2D eigenvalue weighted by Crippen LogP contribution is 2.39. The minimum Gasteiger partial charge on any atom is -0.493 e. The second-order valence-corrected chi connectivity index (χ2v) is 7.24. The Labute approximate surface area is 187 Å². The van der Waals surface area contributed by atoms with Crippen molar-refractivity contribution < 1.29 is 27.4 Å². The summed E-state index contributed by atoms with van der Waals surface area (Å²) in [5.74, 6) is 0.361. The molecule has 0 aromatic heterocycles. The van der Waals surface area contributed by atoms with Crippen molar-refractivity contribution in [1.82, 2.24) is 0 Å². The van der Waals surface area contributed by atoms with Crippen LogP contribution in [0.4, 0.5) is 18.9 Å². The van der Waals surface area contributed by atoms with Crippen LogP contribution in [0.25, 0.3) is 11.6 Å². The van der Waals surface area contributed by atoms with E-state index in [-0.39, 0.29) is 17.9 Å². The van der Waals surface area contributed by atoms with Crippen molar-refractivity contribution in [2.45, 2.75) is 12.8 Å². The van der Waals surface area contributed by atoms with E-state index in [1.807, 2.05) is 6.07 Å². The summed E-state index contributed by atoms with van der Waals surface area (Å²) in [7, 11) is 1.47. The lowest BCUT2D eigenvalue weighted by atomic mass is 10.0. The van der Waals surface area contributed by atoms with Crippen LogP contribution in [0, 0.1) is 11.3 Å². The molecular weight excluding hydrogens is 433 g/mol. The van der Waals surface area contributed by atoms with Crippen LogP contribution in [0.3, 0.4) is 0 Å². The molecule has 0 aliphatic carbocycles. The molecule has 0 spiro atoms. The van der Waals surface area contributed by atoms with Crippen molar-refractivity contribution in [3.05, 3.63) is 88.5 Å². The first kappa shape index (κ1) is 22.0. The predicted molar refractivity (Wildman–Crippen MR) is 116 cm³/mol. The minimum absolute atomic E-state index is 0.115. The van der Waals surface area contributed by atoms with Crippen LogP contribution < -0.4 is 14.8 Å². The first-order valence-corrected chi connectivity index (χ1v) is 9.83. The van der Waals surface area contributed by atoms with Crippen molar-refractivity contribution in [2.75, 3.05) is 12.4 Å². The lowest BCUT2D eigenvalue weighted by molar-refractivity contribution is -0.137. The number of ether oxygens (including phenoxy) is 2. The van der Waals surface area contributed by atoms with E-state index in [0.717, 1.165) is 17.7 Å². The third-order valence-corrected chi connectivity index (χ3v) is 5.15. The Morgan fingerprint density at radius 2 is 1.85 bits per heavy atom. The van der Waals surface area contributed by atoms with Crippen molar-refractivity contribution in [1.29, 1.82) is 5.26 Å². The van der Waals surface area contributed by atoms with Gasteiger partial charge in [-0.3, -0.25) is 4.79 Å². The number of benzene rings is 3. The quantitative estimate of drug-likeness (QED) is 0.510. The van der Waals surface area contributed by atoms with Crippen LogP contribution in [-0.4, -0.2) is 13.0 Å². The van der Waals surface area contributed by atoms with Crippen LogP contribution in [0.1, 0.15) is 27.8 Å². The fourth-order valence-electron chi connectivity index (χ4n) is 3.48. The van der Waals surface area contributed by atoms with Gasteiger partial charge in [-0.15, -0.1) is 0 Å². The maximum atomic E-state index is 13.0. The highest BCUT2D eigenvalue weighted by atomic mass is 19.4. The lowest BCUT2D eigenvalue weighted by Crippen LogP contribution is -2.06. The number of hydrogen-bond donors (Lipinski definition) is 1. The van der Waals surface area contributed by atoms with Crippen molar-refractivity contribution in [3.8, 4) is 17.6 Å². The number of anilines is 1. The van der Waals surface area contributed by atoms with E-state index in [1.54, 1.807) is 42.5 Å². The van der Waals surface area contributed by atoms with Crippen LogP contribution in [0.5, 0.6) is 11.5 Å². The number of rotatable bonds is 5. The normalized spacial score (nSPS) is 13.9. The Kier molecular flexibility index (Phi) is 5.80. The first-order chi connectivity index (χ1) is 15.8. The average molecular weight is 450 g/mol. The van der Waals surface area contributed by atoms with E-state index in [1.165, 1.54) is 13.2 Å². The summed E-state index contributed by atoms with van der Waals surface area (Å²) in [6, 6.07) is 17.4. The Bertz CT molecular complexity index is 1310. The van der Waals surface area contributed by atoms with Gasteiger partial charge in [0.25, 0.3) is 5.91 Å². The highest BCUT2D eigenvalue weighted by Gasteiger charge is 2.33. The van der Waals surface area contributed by atoms with Crippen LogP contribution in [0.2, 0.25) is 0 Å². The van der Waals surface area contributed by atoms with Crippen molar-refractivity contribution >= 4 is 23.2 Å². The number of carbonyl (C=O) groups excluding carboxylic acids is 1. The maximum Gasteiger partial charge on any atom is 0.416 e. The summed E-state index contributed by atoms with van der Waals surface area (Å²) in [5.41, 5.74) is 1.77. The van der Waals surface area contributed by atoms with Gasteiger partial charge in [0, 0.05) is 22.4 Å². The molecule has 0 atom stereocenters. The summed E-state index contributed by atoms with van der Waals surface area (Å²) >= 11 is 0. The number of nitrogens with one attached hydrogen (secondary N) is 1. The molecule has 8 heteroatoms. The molecule has 0 saturated carbocycles. The maximum absolute atomic E-state index is 13.0. The summed E-state index contributed by atoms with van der Waals surface area (Å²) < 4.78 is 50.1. The molecule has 5 nitrogen and oxygen atoms in total. The van der Waals surface area contributed by atoms with Crippen LogP contribution >= 0.6 is 0 Å². The van der Waals surface area contributed by atoms with Gasteiger partial charge in [0.1, 0.15) is 6.61 Å². The molecule has 3 aromatic carbocycles. The zero-order chi connectivity index (χ0) is 23.6. The summed E-state index contributed by atoms with van der Waals surface area (Å²) in [6.07, 6.45) is -2.92. The second-order valence-electron chi connectivity index (χ2n) is 7.24. The van der Waals surface area contributed by atoms with Crippen LogP contribution in [0.15, 0.2) is 60.7 Å². The number of methoxy groups -OCH3 is 1. The second kappa shape index (κ2) is 8.71. The molecule has 1 aliphatic heterocycles. The van der Waals surface area contributed by atoms with Gasteiger partial charge in [0.2, 0.25) is 0 Å². The van der Waals surface area contributed by atoms with E-state index < -0.39 is 17.6 Å². The molecule has 0 unspecified atom stereocenters. The number of fused-ring (bicyclic) bond motifs is 1. The number of alkyl halides is 3. The van der Waals surface area contributed by atoms with Gasteiger partial charge in [0.05, 0.1) is 24.3 Å². The Hall–Kier alpha value is -4.25. The number of carbonyl (C=O) groups is 1. The summed E-state index contributed by atoms with van der Waals surface area (Å²) in [4.78, 5) is 12.4. The monoisotopic (exact) mass is 450 g/mol. The largest absolute Gasteiger partial charge is 0.493 e. The number of nitriles is 1. The van der Waals surface area contributed by atoms with E-state index in [2.05, 4.69) is 11.4 Å². The fourth-order valence-corrected chi connectivity index (χ4v) is 3.48. The number of amides is 1. The Balaban J connectivity index is 1.60. The molecule has 166 valence electrons. The Morgan fingerprint density at radius 1 is 1.06 bits per heavy atom. The smallest absolute Gasteiger partial charge is 0.416 e.